The molecule has 2 aromatic heterocycles. The molecule has 0 unspecified atom stereocenters. The molecule has 2 atom stereocenters. The Morgan fingerprint density at radius 1 is 0.560 bits per heavy atom. The monoisotopic (exact) mass is 664 g/mol. The van der Waals surface area contributed by atoms with E-state index in [-0.39, 0.29) is 26.0 Å². The molecule has 0 aliphatic carbocycles. The Morgan fingerprint density at radius 2 is 0.920 bits per heavy atom. The molecule has 6 aromatic rings. The van der Waals surface area contributed by atoms with Gasteiger partial charge in [-0.15, -0.1) is 0 Å². The number of fused-ring (bicyclic) bond motifs is 2. The van der Waals surface area contributed by atoms with Crippen molar-refractivity contribution in [3.8, 4) is 12.1 Å². The summed E-state index contributed by atoms with van der Waals surface area (Å²) in [5, 5.41) is 21.6. The lowest BCUT2D eigenvalue weighted by atomic mass is 9.78. The lowest BCUT2D eigenvalue weighted by molar-refractivity contribution is 0.607. The van der Waals surface area contributed by atoms with Crippen LogP contribution in [0.2, 0.25) is 0 Å². The maximum Gasteiger partial charge on any atom is 0.251 e. The molecular weight excluding hydrogens is 617 g/mol. The SMILES string of the molecule is C.C.CCc1cc2ccc([C@@](C)(C#N)Cc3ccccc3)cc2[nH]c1=O.CCc1cc2ccc([C@](C)(C#N)Cc3ccccc3)cc2[nH]c1=O. The van der Waals surface area contributed by atoms with Gasteiger partial charge in [0.2, 0.25) is 0 Å². The van der Waals surface area contributed by atoms with Crippen molar-refractivity contribution in [2.24, 2.45) is 0 Å². The van der Waals surface area contributed by atoms with E-state index in [1.165, 1.54) is 0 Å². The number of aromatic amines is 2. The highest BCUT2D eigenvalue weighted by molar-refractivity contribution is 5.81. The van der Waals surface area contributed by atoms with Gasteiger partial charge in [0.25, 0.3) is 11.1 Å². The van der Waals surface area contributed by atoms with Gasteiger partial charge in [0, 0.05) is 22.2 Å². The number of aromatic nitrogens is 2. The van der Waals surface area contributed by atoms with Gasteiger partial charge < -0.3 is 9.97 Å². The van der Waals surface area contributed by atoms with Crippen molar-refractivity contribution in [3.63, 3.8) is 0 Å². The van der Waals surface area contributed by atoms with Crippen LogP contribution < -0.4 is 11.1 Å². The maximum atomic E-state index is 12.1. The third kappa shape index (κ3) is 8.46. The second-order valence-electron chi connectivity index (χ2n) is 12.8. The fraction of sp³-hybridized carbons (Fsp3) is 0.273. The molecule has 0 aliphatic rings. The first-order valence-corrected chi connectivity index (χ1v) is 16.3. The summed E-state index contributed by atoms with van der Waals surface area (Å²) in [5.41, 5.74) is 5.81. The Balaban J connectivity index is 0.000000260. The van der Waals surface area contributed by atoms with Crippen LogP contribution in [0.5, 0.6) is 0 Å². The number of nitrogens with one attached hydrogen (secondary N) is 2. The minimum absolute atomic E-state index is 0. The first kappa shape index (κ1) is 38.7. The van der Waals surface area contributed by atoms with Crippen molar-refractivity contribution in [2.75, 3.05) is 0 Å². The fourth-order valence-electron chi connectivity index (χ4n) is 6.12. The zero-order valence-electron chi connectivity index (χ0n) is 27.9. The fourth-order valence-corrected chi connectivity index (χ4v) is 6.12. The van der Waals surface area contributed by atoms with Gasteiger partial charge >= 0.3 is 0 Å². The van der Waals surface area contributed by atoms with Crippen LogP contribution in [0.15, 0.2) is 119 Å². The molecule has 0 bridgehead atoms. The van der Waals surface area contributed by atoms with E-state index in [1.807, 2.05) is 137 Å². The Bertz CT molecular complexity index is 2100. The summed E-state index contributed by atoms with van der Waals surface area (Å²) >= 11 is 0. The molecule has 2 heterocycles. The predicted octanol–water partition coefficient (Wildman–Crippen LogP) is 9.50. The van der Waals surface area contributed by atoms with Crippen LogP contribution in [0.25, 0.3) is 21.8 Å². The quantitative estimate of drug-likeness (QED) is 0.169. The number of rotatable bonds is 8. The molecule has 0 aliphatic heterocycles. The summed E-state index contributed by atoms with van der Waals surface area (Å²) in [4.78, 5) is 30.0. The van der Waals surface area contributed by atoms with Crippen molar-refractivity contribution < 1.29 is 0 Å². The topological polar surface area (TPSA) is 113 Å². The number of benzene rings is 4. The van der Waals surface area contributed by atoms with Gasteiger partial charge in [-0.1, -0.05) is 114 Å². The first-order chi connectivity index (χ1) is 23.1. The van der Waals surface area contributed by atoms with Crippen LogP contribution in [0.4, 0.5) is 0 Å². The zero-order chi connectivity index (χ0) is 34.3. The van der Waals surface area contributed by atoms with Gasteiger partial charge in [-0.3, -0.25) is 9.59 Å². The van der Waals surface area contributed by atoms with Crippen molar-refractivity contribution in [2.45, 2.75) is 79.1 Å². The van der Waals surface area contributed by atoms with Crippen molar-refractivity contribution in [1.29, 1.82) is 10.5 Å². The molecule has 6 nitrogen and oxygen atoms in total. The third-order valence-corrected chi connectivity index (χ3v) is 9.18. The van der Waals surface area contributed by atoms with E-state index in [0.29, 0.717) is 25.7 Å². The van der Waals surface area contributed by atoms with Crippen LogP contribution in [-0.2, 0) is 36.5 Å². The second kappa shape index (κ2) is 16.6. The van der Waals surface area contributed by atoms with Crippen LogP contribution in [-0.4, -0.2) is 9.97 Å². The Morgan fingerprint density at radius 3 is 1.24 bits per heavy atom. The van der Waals surface area contributed by atoms with Crippen molar-refractivity contribution in [1.82, 2.24) is 9.97 Å². The molecule has 0 saturated carbocycles. The van der Waals surface area contributed by atoms with Gasteiger partial charge in [0.15, 0.2) is 0 Å². The van der Waals surface area contributed by atoms with Crippen LogP contribution in [0.1, 0.15) is 75.9 Å². The number of H-pyrrole nitrogens is 2. The molecule has 256 valence electrons. The summed E-state index contributed by atoms with van der Waals surface area (Å²) in [6, 6.07) is 40.6. The molecule has 0 fully saturated rings. The number of hydrogen-bond acceptors (Lipinski definition) is 4. The lowest BCUT2D eigenvalue weighted by Gasteiger charge is -2.22. The molecule has 6 heteroatoms. The van der Waals surface area contributed by atoms with Crippen LogP contribution in [0.3, 0.4) is 0 Å². The smallest absolute Gasteiger partial charge is 0.251 e. The number of hydrogen-bond donors (Lipinski definition) is 2. The number of pyridine rings is 2. The molecule has 0 spiro atoms. The number of aryl methyl sites for hydroxylation is 2. The van der Waals surface area contributed by atoms with Gasteiger partial charge in [-0.25, -0.2) is 0 Å². The average Bonchev–Trinajstić information content (AvgIpc) is 3.11. The molecule has 0 radical (unpaired) electrons. The van der Waals surface area contributed by atoms with E-state index in [4.69, 9.17) is 0 Å². The van der Waals surface area contributed by atoms with Gasteiger partial charge in [0.1, 0.15) is 0 Å². The number of nitrogens with zero attached hydrogens (tertiary/aromatic N) is 2. The van der Waals surface area contributed by atoms with E-state index in [0.717, 1.165) is 55.2 Å². The first-order valence-electron chi connectivity index (χ1n) is 16.3. The van der Waals surface area contributed by atoms with E-state index >= 15 is 0 Å². The highest BCUT2D eigenvalue weighted by Gasteiger charge is 2.28. The minimum atomic E-state index is -0.643. The highest BCUT2D eigenvalue weighted by Crippen LogP contribution is 2.31. The largest absolute Gasteiger partial charge is 0.322 e. The molecule has 50 heavy (non-hydrogen) atoms. The van der Waals surface area contributed by atoms with E-state index in [9.17, 15) is 20.1 Å². The van der Waals surface area contributed by atoms with Gasteiger partial charge in [0.05, 0.1) is 23.0 Å². The molecule has 0 amide bonds. The molecule has 2 N–H and O–H groups in total. The lowest BCUT2D eigenvalue weighted by Crippen LogP contribution is -2.23. The summed E-state index contributed by atoms with van der Waals surface area (Å²) < 4.78 is 0. The highest BCUT2D eigenvalue weighted by atomic mass is 16.1. The average molecular weight is 665 g/mol. The number of nitriles is 2. The molecule has 0 saturated heterocycles. The molecule has 4 aromatic carbocycles. The normalized spacial score (nSPS) is 12.8. The second-order valence-corrected chi connectivity index (χ2v) is 12.8. The Hall–Kier alpha value is -5.72. The van der Waals surface area contributed by atoms with Gasteiger partial charge in [-0.05, 0) is 96.8 Å². The Labute approximate surface area is 296 Å². The summed E-state index contributed by atoms with van der Waals surface area (Å²) in [7, 11) is 0. The van der Waals surface area contributed by atoms with Crippen LogP contribution >= 0.6 is 0 Å². The van der Waals surface area contributed by atoms with Crippen molar-refractivity contribution in [3.05, 3.63) is 163 Å². The Kier molecular flexibility index (Phi) is 12.9. The predicted molar refractivity (Wildman–Crippen MR) is 208 cm³/mol. The zero-order valence-corrected chi connectivity index (χ0v) is 27.9. The van der Waals surface area contributed by atoms with Crippen molar-refractivity contribution >= 4 is 21.8 Å². The van der Waals surface area contributed by atoms with E-state index in [2.05, 4.69) is 22.1 Å². The summed E-state index contributed by atoms with van der Waals surface area (Å²) in [5.74, 6) is 0. The van der Waals surface area contributed by atoms with E-state index < -0.39 is 10.8 Å². The maximum absolute atomic E-state index is 12.1. The minimum Gasteiger partial charge on any atom is -0.322 e. The van der Waals surface area contributed by atoms with Crippen LogP contribution in [0, 0.1) is 22.7 Å². The van der Waals surface area contributed by atoms with E-state index in [1.54, 1.807) is 0 Å². The third-order valence-electron chi connectivity index (χ3n) is 9.18. The molecule has 6 rings (SSSR count). The summed E-state index contributed by atoms with van der Waals surface area (Å²) in [6.07, 6.45) is 2.67. The molecular formula is C44H48N4O2. The van der Waals surface area contributed by atoms with Gasteiger partial charge in [-0.2, -0.15) is 10.5 Å². The standard InChI is InChI=1S/2C21H20N2O.2CH4/c2*1-3-16-11-17-9-10-18(12-19(17)23-20(16)24)21(2,14-22)13-15-7-5-4-6-8-15;;/h2*4-12H,3,13H2,1-2H3,(H,23,24);2*1H4/t2*21-;;/m10../s1. The summed E-state index contributed by atoms with van der Waals surface area (Å²) in [6.45, 7) is 7.83.